The van der Waals surface area contributed by atoms with Crippen LogP contribution in [0.25, 0.3) is 0 Å². The second-order valence-corrected chi connectivity index (χ2v) is 20.3. The van der Waals surface area contributed by atoms with Crippen LogP contribution in [-0.4, -0.2) is 47.4 Å². The molecule has 0 spiro atoms. The number of hydrogen-bond acceptors (Lipinski definition) is 5. The molecule has 0 aliphatic rings. The van der Waals surface area contributed by atoms with Crippen molar-refractivity contribution in [1.29, 1.82) is 0 Å². The second-order valence-electron chi connectivity index (χ2n) is 20.3. The van der Waals surface area contributed by atoms with Gasteiger partial charge in [-0.3, -0.25) is 9.59 Å². The van der Waals surface area contributed by atoms with Crippen LogP contribution in [0.5, 0.6) is 0 Å². The molecule has 0 rings (SSSR count). The van der Waals surface area contributed by atoms with Crippen LogP contribution >= 0.6 is 0 Å². The number of ether oxygens (including phenoxy) is 1. The van der Waals surface area contributed by atoms with E-state index in [1.54, 1.807) is 0 Å². The van der Waals surface area contributed by atoms with Gasteiger partial charge in [0, 0.05) is 12.8 Å². The van der Waals surface area contributed by atoms with Gasteiger partial charge in [0.25, 0.3) is 0 Å². The van der Waals surface area contributed by atoms with E-state index in [1.165, 1.54) is 231 Å². The molecule has 2 atom stereocenters. The molecule has 6 nitrogen and oxygen atoms in total. The minimum Gasteiger partial charge on any atom is -0.466 e. The van der Waals surface area contributed by atoms with E-state index in [2.05, 4.69) is 55.6 Å². The molecule has 0 fully saturated rings. The average Bonchev–Trinajstić information content (AvgIpc) is 3.33. The summed E-state index contributed by atoms with van der Waals surface area (Å²) in [5, 5.41) is 23.1. The summed E-state index contributed by atoms with van der Waals surface area (Å²) in [6.45, 7) is 4.91. The molecule has 0 saturated heterocycles. The smallest absolute Gasteiger partial charge is 0.305 e. The molecule has 0 aromatic rings. The number of carbonyl (C=O) groups is 2. The second kappa shape index (κ2) is 56.7. The first-order valence-electron chi connectivity index (χ1n) is 29.7. The summed E-state index contributed by atoms with van der Waals surface area (Å²) >= 11 is 0. The normalized spacial score (nSPS) is 12.8. The molecule has 6 heteroatoms. The van der Waals surface area contributed by atoms with E-state index in [1.807, 2.05) is 0 Å². The monoisotopic (exact) mass is 942 g/mol. The summed E-state index contributed by atoms with van der Waals surface area (Å²) in [4.78, 5) is 24.5. The lowest BCUT2D eigenvalue weighted by Gasteiger charge is -2.22. The summed E-state index contributed by atoms with van der Waals surface area (Å²) in [6, 6.07) is -0.546. The standard InChI is InChI=1S/C61H115NO5/c1-3-5-7-9-11-13-15-16-17-18-22-26-29-32-35-39-43-47-51-55-61(66)67-56-52-48-44-40-36-33-30-27-24-21-19-20-23-25-28-31-34-38-42-46-50-54-60(65)62-58(57-63)59(64)53-49-45-41-37-14-12-10-8-6-4-2/h11,13,16-17,20,23,58-59,63-64H,3-10,12,14-15,18-19,21-22,24-57H2,1-2H3,(H,62,65)/b13-11-,17-16-,23-20-. The maximum Gasteiger partial charge on any atom is 0.305 e. The van der Waals surface area contributed by atoms with Crippen LogP contribution in [-0.2, 0) is 14.3 Å². The van der Waals surface area contributed by atoms with Crippen LogP contribution in [0.1, 0.15) is 316 Å². The highest BCUT2D eigenvalue weighted by Crippen LogP contribution is 2.17. The number of allylic oxidation sites excluding steroid dienone is 6. The average molecular weight is 943 g/mol. The lowest BCUT2D eigenvalue weighted by molar-refractivity contribution is -0.143. The highest BCUT2D eigenvalue weighted by atomic mass is 16.5. The van der Waals surface area contributed by atoms with E-state index >= 15 is 0 Å². The van der Waals surface area contributed by atoms with Crippen molar-refractivity contribution < 1.29 is 24.5 Å². The van der Waals surface area contributed by atoms with Gasteiger partial charge in [-0.2, -0.15) is 0 Å². The molecular weight excluding hydrogens is 827 g/mol. The molecule has 67 heavy (non-hydrogen) atoms. The van der Waals surface area contributed by atoms with Crippen LogP contribution in [0.15, 0.2) is 36.5 Å². The summed E-state index contributed by atoms with van der Waals surface area (Å²) in [5.74, 6) is -0.0402. The third kappa shape index (κ3) is 53.3. The van der Waals surface area contributed by atoms with Crippen molar-refractivity contribution in [3.63, 3.8) is 0 Å². The number of nitrogens with one attached hydrogen (secondary N) is 1. The number of hydrogen-bond donors (Lipinski definition) is 3. The van der Waals surface area contributed by atoms with Crippen molar-refractivity contribution >= 4 is 11.9 Å². The van der Waals surface area contributed by atoms with E-state index in [0.29, 0.717) is 25.9 Å². The van der Waals surface area contributed by atoms with Crippen LogP contribution in [0.3, 0.4) is 0 Å². The van der Waals surface area contributed by atoms with Crippen LogP contribution in [0.4, 0.5) is 0 Å². The molecule has 0 aromatic heterocycles. The first-order valence-corrected chi connectivity index (χ1v) is 29.7. The zero-order valence-electron chi connectivity index (χ0n) is 44.9. The predicted octanol–water partition coefficient (Wildman–Crippen LogP) is 18.4. The van der Waals surface area contributed by atoms with Gasteiger partial charge in [0.1, 0.15) is 0 Å². The highest BCUT2D eigenvalue weighted by molar-refractivity contribution is 5.76. The maximum atomic E-state index is 12.4. The Morgan fingerprint density at radius 2 is 0.746 bits per heavy atom. The zero-order chi connectivity index (χ0) is 48.6. The molecular formula is C61H115NO5. The van der Waals surface area contributed by atoms with E-state index < -0.39 is 12.1 Å². The maximum absolute atomic E-state index is 12.4. The first-order chi connectivity index (χ1) is 33.0. The molecule has 0 aliphatic heterocycles. The molecule has 0 bridgehead atoms. The number of carbonyl (C=O) groups excluding carboxylic acids is 2. The molecule has 0 heterocycles. The van der Waals surface area contributed by atoms with E-state index in [4.69, 9.17) is 4.74 Å². The van der Waals surface area contributed by atoms with Gasteiger partial charge in [-0.1, -0.05) is 256 Å². The number of rotatable bonds is 55. The Morgan fingerprint density at radius 1 is 0.418 bits per heavy atom. The van der Waals surface area contributed by atoms with Crippen molar-refractivity contribution in [2.24, 2.45) is 0 Å². The minimum atomic E-state index is -0.667. The summed E-state index contributed by atoms with van der Waals surface area (Å²) < 4.78 is 5.49. The molecule has 3 N–H and O–H groups in total. The van der Waals surface area contributed by atoms with Crippen molar-refractivity contribution in [2.75, 3.05) is 13.2 Å². The zero-order valence-corrected chi connectivity index (χ0v) is 44.9. The molecule has 1 amide bonds. The van der Waals surface area contributed by atoms with Crippen molar-refractivity contribution in [1.82, 2.24) is 5.32 Å². The largest absolute Gasteiger partial charge is 0.466 e. The lowest BCUT2D eigenvalue weighted by atomic mass is 10.0. The third-order valence-electron chi connectivity index (χ3n) is 13.7. The molecule has 0 aromatic carbocycles. The fourth-order valence-electron chi connectivity index (χ4n) is 9.08. The van der Waals surface area contributed by atoms with E-state index in [9.17, 15) is 19.8 Å². The molecule has 0 saturated carbocycles. The van der Waals surface area contributed by atoms with Crippen LogP contribution in [0, 0.1) is 0 Å². The van der Waals surface area contributed by atoms with Crippen molar-refractivity contribution in [3.05, 3.63) is 36.5 Å². The quantitative estimate of drug-likeness (QED) is 0.0321. The lowest BCUT2D eigenvalue weighted by Crippen LogP contribution is -2.45. The van der Waals surface area contributed by atoms with Crippen LogP contribution < -0.4 is 5.32 Å². The van der Waals surface area contributed by atoms with Gasteiger partial charge in [0.05, 0.1) is 25.4 Å². The Kier molecular flexibility index (Phi) is 55.0. The fraction of sp³-hybridized carbons (Fsp3) is 0.869. The Bertz CT molecular complexity index is 1090. The number of unbranched alkanes of at least 4 members (excludes halogenated alkanes) is 38. The molecule has 2 unspecified atom stereocenters. The number of amides is 1. The number of aliphatic hydroxyl groups excluding tert-OH is 2. The molecule has 0 aliphatic carbocycles. The van der Waals surface area contributed by atoms with Gasteiger partial charge in [0.15, 0.2) is 0 Å². The Labute approximate surface area is 417 Å². The number of esters is 1. The van der Waals surface area contributed by atoms with Gasteiger partial charge >= 0.3 is 5.97 Å². The predicted molar refractivity (Wildman–Crippen MR) is 292 cm³/mol. The summed E-state index contributed by atoms with van der Waals surface area (Å²) in [5.41, 5.74) is 0. The van der Waals surface area contributed by atoms with Gasteiger partial charge < -0.3 is 20.3 Å². The SMILES string of the molecule is CCCCC/C=C\C/C=C\CCCCCCCCCCCC(=O)OCCCCCCCCCCCC/C=C\CCCCCCCCCC(=O)NC(CO)C(O)CCCCCCCCCCCC. The number of aliphatic hydroxyl groups is 2. The first kappa shape index (κ1) is 65.1. The van der Waals surface area contributed by atoms with Crippen molar-refractivity contribution in [2.45, 2.75) is 328 Å². The Morgan fingerprint density at radius 3 is 1.18 bits per heavy atom. The molecule has 394 valence electrons. The fourth-order valence-corrected chi connectivity index (χ4v) is 9.08. The highest BCUT2D eigenvalue weighted by Gasteiger charge is 2.20. The Hall–Kier alpha value is -1.92. The minimum absolute atomic E-state index is 0.00424. The van der Waals surface area contributed by atoms with Gasteiger partial charge in [-0.05, 0) is 83.5 Å². The van der Waals surface area contributed by atoms with Gasteiger partial charge in [-0.15, -0.1) is 0 Å². The summed E-state index contributed by atoms with van der Waals surface area (Å²) in [7, 11) is 0. The van der Waals surface area contributed by atoms with E-state index in [-0.39, 0.29) is 18.5 Å². The Balaban J connectivity index is 3.39. The third-order valence-corrected chi connectivity index (χ3v) is 13.7. The van der Waals surface area contributed by atoms with Crippen LogP contribution in [0.2, 0.25) is 0 Å². The van der Waals surface area contributed by atoms with Gasteiger partial charge in [-0.25, -0.2) is 0 Å². The summed E-state index contributed by atoms with van der Waals surface area (Å²) in [6.07, 6.45) is 70.0. The van der Waals surface area contributed by atoms with E-state index in [0.717, 1.165) is 51.4 Å². The topological polar surface area (TPSA) is 95.9 Å². The van der Waals surface area contributed by atoms with Gasteiger partial charge in [0.2, 0.25) is 5.91 Å². The molecule has 0 radical (unpaired) electrons. The van der Waals surface area contributed by atoms with Crippen molar-refractivity contribution in [3.8, 4) is 0 Å².